The number of H-pyrrole nitrogens is 1. The fourth-order valence-electron chi connectivity index (χ4n) is 3.88. The molecule has 0 bridgehead atoms. The number of aryl methyl sites for hydroxylation is 2. The van der Waals surface area contributed by atoms with E-state index in [9.17, 15) is 4.79 Å². The monoisotopic (exact) mass is 425 g/mol. The number of amides is 1. The average molecular weight is 426 g/mol. The molecule has 0 radical (unpaired) electrons. The highest BCUT2D eigenvalue weighted by Crippen LogP contribution is 2.36. The zero-order chi connectivity index (χ0) is 21.1. The van der Waals surface area contributed by atoms with Gasteiger partial charge in [0.1, 0.15) is 0 Å². The summed E-state index contributed by atoms with van der Waals surface area (Å²) in [5, 5.41) is 5.63. The van der Waals surface area contributed by atoms with Crippen LogP contribution in [0.15, 0.2) is 35.4 Å². The van der Waals surface area contributed by atoms with Crippen molar-refractivity contribution in [2.45, 2.75) is 32.6 Å². The van der Waals surface area contributed by atoms with Crippen LogP contribution in [-0.4, -0.2) is 30.8 Å². The molecular formula is C23H24ClN3O3. The number of benzene rings is 2. The third kappa shape index (κ3) is 4.00. The third-order valence-electron chi connectivity index (χ3n) is 5.28. The number of hydrogen-bond acceptors (Lipinski definition) is 4. The SMILES string of the molecule is CCOc1c(Cl)cc(/C=N\NC(=O)c2ccc3[nH]c4c(c3c2)CCCC4)cc1OC. The molecule has 2 aromatic carbocycles. The van der Waals surface area contributed by atoms with E-state index >= 15 is 0 Å². The second kappa shape index (κ2) is 8.79. The molecule has 4 rings (SSSR count). The number of nitrogens with one attached hydrogen (secondary N) is 2. The Morgan fingerprint density at radius 1 is 1.27 bits per heavy atom. The van der Waals surface area contributed by atoms with Gasteiger partial charge >= 0.3 is 0 Å². The van der Waals surface area contributed by atoms with Gasteiger partial charge in [-0.25, -0.2) is 5.43 Å². The molecule has 1 aliphatic rings. The summed E-state index contributed by atoms with van der Waals surface area (Å²) in [6, 6.07) is 9.18. The van der Waals surface area contributed by atoms with Crippen molar-refractivity contribution in [3.63, 3.8) is 0 Å². The zero-order valence-corrected chi connectivity index (χ0v) is 17.8. The predicted molar refractivity (Wildman–Crippen MR) is 119 cm³/mol. The first-order valence-corrected chi connectivity index (χ1v) is 10.5. The van der Waals surface area contributed by atoms with E-state index in [1.54, 1.807) is 19.2 Å². The zero-order valence-electron chi connectivity index (χ0n) is 17.0. The van der Waals surface area contributed by atoms with Crippen LogP contribution >= 0.6 is 11.6 Å². The molecule has 156 valence electrons. The minimum absolute atomic E-state index is 0.261. The second-order valence-electron chi connectivity index (χ2n) is 7.22. The minimum Gasteiger partial charge on any atom is -0.493 e. The van der Waals surface area contributed by atoms with E-state index in [0.29, 0.717) is 34.3 Å². The third-order valence-corrected chi connectivity index (χ3v) is 5.56. The first-order valence-electron chi connectivity index (χ1n) is 10.1. The number of fused-ring (bicyclic) bond motifs is 3. The summed E-state index contributed by atoms with van der Waals surface area (Å²) < 4.78 is 10.8. The smallest absolute Gasteiger partial charge is 0.271 e. The molecule has 0 aliphatic heterocycles. The number of halogens is 1. The van der Waals surface area contributed by atoms with E-state index in [2.05, 4.69) is 15.5 Å². The molecule has 0 unspecified atom stereocenters. The van der Waals surface area contributed by atoms with Crippen molar-refractivity contribution in [2.75, 3.05) is 13.7 Å². The Balaban J connectivity index is 1.50. The van der Waals surface area contributed by atoms with E-state index in [-0.39, 0.29) is 5.91 Å². The summed E-state index contributed by atoms with van der Waals surface area (Å²) in [6.07, 6.45) is 6.05. The van der Waals surface area contributed by atoms with Crippen LogP contribution in [0.5, 0.6) is 11.5 Å². The molecule has 6 nitrogen and oxygen atoms in total. The molecule has 2 N–H and O–H groups in total. The first-order chi connectivity index (χ1) is 14.6. The Morgan fingerprint density at radius 3 is 2.90 bits per heavy atom. The fourth-order valence-corrected chi connectivity index (χ4v) is 4.15. The van der Waals surface area contributed by atoms with Gasteiger partial charge in [0.05, 0.1) is 25.0 Å². The van der Waals surface area contributed by atoms with Gasteiger partial charge in [0.2, 0.25) is 0 Å². The number of nitrogens with zero attached hydrogens (tertiary/aromatic N) is 1. The molecule has 30 heavy (non-hydrogen) atoms. The van der Waals surface area contributed by atoms with Gasteiger partial charge in [-0.05, 0) is 74.1 Å². The van der Waals surface area contributed by atoms with Crippen molar-refractivity contribution < 1.29 is 14.3 Å². The van der Waals surface area contributed by atoms with E-state index in [1.165, 1.54) is 30.3 Å². The van der Waals surface area contributed by atoms with Crippen molar-refractivity contribution in [2.24, 2.45) is 5.10 Å². The maximum absolute atomic E-state index is 12.6. The highest BCUT2D eigenvalue weighted by atomic mass is 35.5. The molecule has 0 saturated heterocycles. The van der Waals surface area contributed by atoms with Gasteiger partial charge in [-0.2, -0.15) is 5.10 Å². The number of hydrazone groups is 1. The lowest BCUT2D eigenvalue weighted by molar-refractivity contribution is 0.0955. The summed E-state index contributed by atoms with van der Waals surface area (Å²) >= 11 is 6.28. The summed E-state index contributed by atoms with van der Waals surface area (Å²) in [7, 11) is 1.55. The Bertz CT molecular complexity index is 1120. The molecule has 1 heterocycles. The average Bonchev–Trinajstić information content (AvgIpc) is 3.13. The number of aromatic nitrogens is 1. The standard InChI is InChI=1S/C23H24ClN3O3/c1-3-30-22-18(24)10-14(11-21(22)29-2)13-25-27-23(28)15-8-9-20-17(12-15)16-6-4-5-7-19(16)26-20/h8-13,26H,3-7H2,1-2H3,(H,27,28)/b25-13-. The lowest BCUT2D eigenvalue weighted by Crippen LogP contribution is -2.17. The number of ether oxygens (including phenoxy) is 2. The molecule has 0 fully saturated rings. The number of methoxy groups -OCH3 is 1. The maximum atomic E-state index is 12.6. The van der Waals surface area contributed by atoms with Gasteiger partial charge in [0.15, 0.2) is 11.5 Å². The summed E-state index contributed by atoms with van der Waals surface area (Å²) in [5.74, 6) is 0.744. The molecular weight excluding hydrogens is 402 g/mol. The van der Waals surface area contributed by atoms with Crippen molar-refractivity contribution >= 4 is 34.6 Å². The minimum atomic E-state index is -0.261. The number of hydrogen-bond donors (Lipinski definition) is 2. The van der Waals surface area contributed by atoms with Crippen molar-refractivity contribution in [1.82, 2.24) is 10.4 Å². The molecule has 0 spiro atoms. The number of carbonyl (C=O) groups excluding carboxylic acids is 1. The number of rotatable bonds is 6. The normalized spacial score (nSPS) is 13.4. The second-order valence-corrected chi connectivity index (χ2v) is 7.62. The Morgan fingerprint density at radius 2 is 2.10 bits per heavy atom. The lowest BCUT2D eigenvalue weighted by atomic mass is 9.95. The van der Waals surface area contributed by atoms with E-state index in [0.717, 1.165) is 23.7 Å². The quantitative estimate of drug-likeness (QED) is 0.437. The van der Waals surface area contributed by atoms with Crippen LogP contribution in [0, 0.1) is 0 Å². The fraction of sp³-hybridized carbons (Fsp3) is 0.304. The summed E-state index contributed by atoms with van der Waals surface area (Å²) in [6.45, 7) is 2.36. The molecule has 1 aliphatic carbocycles. The largest absolute Gasteiger partial charge is 0.493 e. The molecule has 1 aromatic heterocycles. The van der Waals surface area contributed by atoms with Crippen LogP contribution in [0.4, 0.5) is 0 Å². The lowest BCUT2D eigenvalue weighted by Gasteiger charge is -2.11. The Hall–Kier alpha value is -2.99. The van der Waals surface area contributed by atoms with Crippen molar-refractivity contribution in [1.29, 1.82) is 0 Å². The van der Waals surface area contributed by atoms with E-state index in [1.807, 2.05) is 25.1 Å². The topological polar surface area (TPSA) is 75.7 Å². The van der Waals surface area contributed by atoms with E-state index in [4.69, 9.17) is 21.1 Å². The van der Waals surface area contributed by atoms with Crippen molar-refractivity contribution in [3.05, 3.63) is 57.7 Å². The number of carbonyl (C=O) groups is 1. The van der Waals surface area contributed by atoms with Crippen LogP contribution < -0.4 is 14.9 Å². The molecule has 0 atom stereocenters. The highest BCUT2D eigenvalue weighted by molar-refractivity contribution is 6.32. The van der Waals surface area contributed by atoms with Gasteiger partial charge in [-0.1, -0.05) is 11.6 Å². The van der Waals surface area contributed by atoms with Gasteiger partial charge in [0, 0.05) is 22.2 Å². The van der Waals surface area contributed by atoms with Crippen LogP contribution in [0.25, 0.3) is 10.9 Å². The summed E-state index contributed by atoms with van der Waals surface area (Å²) in [4.78, 5) is 16.1. The van der Waals surface area contributed by atoms with Crippen molar-refractivity contribution in [3.8, 4) is 11.5 Å². The Labute approximate surface area is 180 Å². The van der Waals surface area contributed by atoms with Crippen LogP contribution in [0.1, 0.15) is 46.9 Å². The molecule has 1 amide bonds. The van der Waals surface area contributed by atoms with Crippen LogP contribution in [0.2, 0.25) is 5.02 Å². The summed E-state index contributed by atoms with van der Waals surface area (Å²) in [5.41, 5.74) is 7.57. The van der Waals surface area contributed by atoms with Crippen LogP contribution in [0.3, 0.4) is 0 Å². The predicted octanol–water partition coefficient (Wildman–Crippen LogP) is 4.87. The molecule has 3 aromatic rings. The number of aromatic amines is 1. The van der Waals surface area contributed by atoms with Gasteiger partial charge in [-0.3, -0.25) is 4.79 Å². The highest BCUT2D eigenvalue weighted by Gasteiger charge is 2.17. The molecule has 0 saturated carbocycles. The Kier molecular flexibility index (Phi) is 5.95. The van der Waals surface area contributed by atoms with Gasteiger partial charge < -0.3 is 14.5 Å². The van der Waals surface area contributed by atoms with Crippen LogP contribution in [-0.2, 0) is 12.8 Å². The molecule has 7 heteroatoms. The van der Waals surface area contributed by atoms with Gasteiger partial charge in [0.25, 0.3) is 5.91 Å². The maximum Gasteiger partial charge on any atom is 0.271 e. The van der Waals surface area contributed by atoms with E-state index < -0.39 is 0 Å². The first kappa shape index (κ1) is 20.3. The van der Waals surface area contributed by atoms with Gasteiger partial charge in [-0.15, -0.1) is 0 Å².